The van der Waals surface area contributed by atoms with E-state index in [0.29, 0.717) is 6.42 Å². The molecule has 0 saturated heterocycles. The number of unbranched alkanes of at least 4 members (excludes halogenated alkanes) is 7. The third-order valence-electron chi connectivity index (χ3n) is 2.64. The maximum atomic E-state index is 10.6. The molecular weight excluding hydrogens is 264 g/mol. The van der Waals surface area contributed by atoms with Crippen molar-refractivity contribution in [3.63, 3.8) is 0 Å². The van der Waals surface area contributed by atoms with Crippen molar-refractivity contribution >= 4 is 20.6 Å². The van der Waals surface area contributed by atoms with E-state index in [9.17, 15) is 4.79 Å². The molecule has 16 heavy (non-hydrogen) atoms. The van der Waals surface area contributed by atoms with Gasteiger partial charge in [0.15, 0.2) is 4.69 Å². The van der Waals surface area contributed by atoms with Gasteiger partial charge < -0.3 is 0 Å². The molecule has 2 heteroatoms. The summed E-state index contributed by atoms with van der Waals surface area (Å²) in [7, 11) is 0. The standard InChI is InChI=1S/C14H25BrO/c1-2-3-4-5-6-7-8-9-10-11-12-13-14(15)16/h5-6H,2-4,7-13H2,1H3/b6-5-. The third-order valence-corrected chi connectivity index (χ3v) is 3.03. The first-order valence-electron chi connectivity index (χ1n) is 6.60. The molecule has 0 bridgehead atoms. The molecular formula is C14H25BrO. The van der Waals surface area contributed by atoms with Crippen molar-refractivity contribution in [1.82, 2.24) is 0 Å². The van der Waals surface area contributed by atoms with Gasteiger partial charge in [-0.25, -0.2) is 0 Å². The summed E-state index contributed by atoms with van der Waals surface area (Å²) >= 11 is 2.95. The average Bonchev–Trinajstić information content (AvgIpc) is 2.25. The van der Waals surface area contributed by atoms with Gasteiger partial charge in [0.05, 0.1) is 0 Å². The maximum absolute atomic E-state index is 10.6. The lowest BCUT2D eigenvalue weighted by Gasteiger charge is -1.98. The lowest BCUT2D eigenvalue weighted by Crippen LogP contribution is -1.85. The third kappa shape index (κ3) is 13.9. The van der Waals surface area contributed by atoms with Crippen molar-refractivity contribution in [1.29, 1.82) is 0 Å². The first-order chi connectivity index (χ1) is 7.77. The van der Waals surface area contributed by atoms with Crippen molar-refractivity contribution in [3.8, 4) is 0 Å². The van der Waals surface area contributed by atoms with Crippen molar-refractivity contribution in [2.45, 2.75) is 71.1 Å². The number of halogens is 1. The van der Waals surface area contributed by atoms with Crippen LogP contribution in [0.5, 0.6) is 0 Å². The van der Waals surface area contributed by atoms with Gasteiger partial charge in [-0.15, -0.1) is 0 Å². The highest BCUT2D eigenvalue weighted by Crippen LogP contribution is 2.09. The zero-order chi connectivity index (χ0) is 12.1. The Morgan fingerprint density at radius 2 is 1.50 bits per heavy atom. The van der Waals surface area contributed by atoms with Crippen LogP contribution in [0.1, 0.15) is 71.1 Å². The van der Waals surface area contributed by atoms with E-state index < -0.39 is 0 Å². The normalized spacial score (nSPS) is 11.1. The molecule has 0 atom stereocenters. The molecule has 0 aromatic carbocycles. The summed E-state index contributed by atoms with van der Waals surface area (Å²) in [6, 6.07) is 0. The average molecular weight is 289 g/mol. The molecule has 0 radical (unpaired) electrons. The molecule has 0 saturated carbocycles. The van der Waals surface area contributed by atoms with E-state index in [1.807, 2.05) is 0 Å². The Kier molecular flexibility index (Phi) is 12.9. The number of carbonyl (C=O) groups excluding carboxylic acids is 1. The van der Waals surface area contributed by atoms with Crippen LogP contribution in [-0.4, -0.2) is 4.69 Å². The van der Waals surface area contributed by atoms with E-state index in [0.717, 1.165) is 6.42 Å². The molecule has 1 nitrogen and oxygen atoms in total. The SMILES string of the molecule is CCCC/C=C\CCCCCCCC(=O)Br. The van der Waals surface area contributed by atoms with Gasteiger partial charge in [-0.3, -0.25) is 4.79 Å². The van der Waals surface area contributed by atoms with Crippen molar-refractivity contribution < 1.29 is 4.79 Å². The van der Waals surface area contributed by atoms with Crippen LogP contribution in [0.4, 0.5) is 0 Å². The van der Waals surface area contributed by atoms with Crippen LogP contribution in [0.2, 0.25) is 0 Å². The van der Waals surface area contributed by atoms with Gasteiger partial charge in [0.2, 0.25) is 0 Å². The zero-order valence-corrected chi connectivity index (χ0v) is 12.1. The van der Waals surface area contributed by atoms with Crippen LogP contribution < -0.4 is 0 Å². The highest BCUT2D eigenvalue weighted by Gasteiger charge is 1.94. The lowest BCUT2D eigenvalue weighted by atomic mass is 10.1. The monoisotopic (exact) mass is 288 g/mol. The van der Waals surface area contributed by atoms with Gasteiger partial charge in [0.25, 0.3) is 0 Å². The molecule has 0 unspecified atom stereocenters. The molecule has 0 N–H and O–H groups in total. The summed E-state index contributed by atoms with van der Waals surface area (Å²) in [5.74, 6) is 0. The van der Waals surface area contributed by atoms with Gasteiger partial charge in [-0.2, -0.15) is 0 Å². The Bertz CT molecular complexity index is 187. The number of rotatable bonds is 11. The minimum absolute atomic E-state index is 0.145. The summed E-state index contributed by atoms with van der Waals surface area (Å²) in [5, 5.41) is 0. The number of hydrogen-bond acceptors (Lipinski definition) is 1. The van der Waals surface area contributed by atoms with Gasteiger partial charge in [-0.1, -0.05) is 51.2 Å². The summed E-state index contributed by atoms with van der Waals surface area (Å²) in [4.78, 5) is 10.6. The second-order valence-electron chi connectivity index (χ2n) is 4.28. The predicted octanol–water partition coefficient (Wildman–Crippen LogP) is 5.39. The van der Waals surface area contributed by atoms with Crippen LogP contribution >= 0.6 is 15.9 Å². The van der Waals surface area contributed by atoms with E-state index in [-0.39, 0.29) is 4.69 Å². The largest absolute Gasteiger partial charge is 0.287 e. The Morgan fingerprint density at radius 1 is 0.938 bits per heavy atom. The second-order valence-corrected chi connectivity index (χ2v) is 5.16. The number of allylic oxidation sites excluding steroid dienone is 2. The summed E-state index contributed by atoms with van der Waals surface area (Å²) in [6.45, 7) is 2.23. The van der Waals surface area contributed by atoms with Crippen LogP contribution in [0, 0.1) is 0 Å². The van der Waals surface area contributed by atoms with E-state index >= 15 is 0 Å². The van der Waals surface area contributed by atoms with Crippen LogP contribution in [0.25, 0.3) is 0 Å². The van der Waals surface area contributed by atoms with E-state index in [2.05, 4.69) is 35.0 Å². The van der Waals surface area contributed by atoms with E-state index in [1.165, 1.54) is 51.4 Å². The van der Waals surface area contributed by atoms with Gasteiger partial charge in [-0.05, 0) is 41.6 Å². The Balaban J connectivity index is 3.03. The zero-order valence-electron chi connectivity index (χ0n) is 10.5. The summed E-state index contributed by atoms with van der Waals surface area (Å²) in [6.07, 6.45) is 16.5. The highest BCUT2D eigenvalue weighted by atomic mass is 79.9. The van der Waals surface area contributed by atoms with Crippen molar-refractivity contribution in [3.05, 3.63) is 12.2 Å². The van der Waals surface area contributed by atoms with Gasteiger partial charge in [0.1, 0.15) is 0 Å². The minimum Gasteiger partial charge on any atom is -0.287 e. The first-order valence-corrected chi connectivity index (χ1v) is 7.40. The number of hydrogen-bond donors (Lipinski definition) is 0. The maximum Gasteiger partial charge on any atom is 0.197 e. The highest BCUT2D eigenvalue weighted by molar-refractivity contribution is 9.18. The molecule has 0 aliphatic carbocycles. The summed E-state index contributed by atoms with van der Waals surface area (Å²) < 4.78 is 0.145. The van der Waals surface area contributed by atoms with Crippen LogP contribution in [0.3, 0.4) is 0 Å². The predicted molar refractivity (Wildman–Crippen MR) is 74.9 cm³/mol. The van der Waals surface area contributed by atoms with Crippen LogP contribution in [0.15, 0.2) is 12.2 Å². The summed E-state index contributed by atoms with van der Waals surface area (Å²) in [5.41, 5.74) is 0. The molecule has 94 valence electrons. The van der Waals surface area contributed by atoms with Crippen LogP contribution in [-0.2, 0) is 4.79 Å². The second kappa shape index (κ2) is 13.0. The molecule has 0 spiro atoms. The molecule has 0 aliphatic rings. The Morgan fingerprint density at radius 3 is 2.12 bits per heavy atom. The lowest BCUT2D eigenvalue weighted by molar-refractivity contribution is -0.110. The molecule has 0 heterocycles. The topological polar surface area (TPSA) is 17.1 Å². The first kappa shape index (κ1) is 15.9. The van der Waals surface area contributed by atoms with Crippen molar-refractivity contribution in [2.24, 2.45) is 0 Å². The fraction of sp³-hybridized carbons (Fsp3) is 0.786. The quantitative estimate of drug-likeness (QED) is 0.283. The molecule has 0 amide bonds. The van der Waals surface area contributed by atoms with Crippen molar-refractivity contribution in [2.75, 3.05) is 0 Å². The molecule has 0 aliphatic heterocycles. The minimum atomic E-state index is 0.145. The fourth-order valence-electron chi connectivity index (χ4n) is 1.61. The van der Waals surface area contributed by atoms with E-state index in [4.69, 9.17) is 0 Å². The molecule has 0 aromatic heterocycles. The smallest absolute Gasteiger partial charge is 0.197 e. The van der Waals surface area contributed by atoms with Gasteiger partial charge in [0, 0.05) is 6.42 Å². The van der Waals surface area contributed by atoms with Gasteiger partial charge >= 0.3 is 0 Å². The van der Waals surface area contributed by atoms with E-state index in [1.54, 1.807) is 0 Å². The molecule has 0 aromatic rings. The molecule has 0 rings (SSSR count). The fourth-order valence-corrected chi connectivity index (χ4v) is 1.89. The number of carbonyl (C=O) groups is 1. The Hall–Kier alpha value is -0.110. The Labute approximate surface area is 109 Å². The molecule has 0 fully saturated rings.